The molecule has 1 unspecified atom stereocenters. The molecule has 1 aliphatic rings. The Labute approximate surface area is 169 Å². The van der Waals surface area contributed by atoms with Gasteiger partial charge in [-0.1, -0.05) is 61.2 Å². The van der Waals surface area contributed by atoms with Crippen LogP contribution in [0.3, 0.4) is 0 Å². The summed E-state index contributed by atoms with van der Waals surface area (Å²) < 4.78 is 5.89. The maximum Gasteiger partial charge on any atom is 0.298 e. The molecule has 2 aromatic carbocycles. The SMILES string of the molecule is C=C1SC(=O)N(c2ccccc2OCC(C)NCC=Cc2ccccc2)C1=O. The third-order valence-electron chi connectivity index (χ3n) is 4.12. The second-order valence-electron chi connectivity index (χ2n) is 6.33. The topological polar surface area (TPSA) is 58.6 Å². The van der Waals surface area contributed by atoms with E-state index in [0.29, 0.717) is 24.6 Å². The summed E-state index contributed by atoms with van der Waals surface area (Å²) >= 11 is 0.844. The fourth-order valence-corrected chi connectivity index (χ4v) is 3.34. The summed E-state index contributed by atoms with van der Waals surface area (Å²) in [5, 5.41) is 3.00. The van der Waals surface area contributed by atoms with Gasteiger partial charge in [-0.25, -0.2) is 4.90 Å². The molecule has 2 aromatic rings. The number of anilines is 1. The van der Waals surface area contributed by atoms with Crippen LogP contribution in [0.1, 0.15) is 12.5 Å². The van der Waals surface area contributed by atoms with Crippen molar-refractivity contribution < 1.29 is 14.3 Å². The number of benzene rings is 2. The van der Waals surface area contributed by atoms with E-state index in [0.717, 1.165) is 22.2 Å². The Hall–Kier alpha value is -2.83. The lowest BCUT2D eigenvalue weighted by molar-refractivity contribution is -0.113. The van der Waals surface area contributed by atoms with Crippen molar-refractivity contribution in [3.05, 3.63) is 77.7 Å². The van der Waals surface area contributed by atoms with Gasteiger partial charge in [-0.2, -0.15) is 0 Å². The number of amides is 2. The molecule has 1 fully saturated rings. The van der Waals surface area contributed by atoms with Crippen molar-refractivity contribution in [2.75, 3.05) is 18.1 Å². The Morgan fingerprint density at radius 3 is 2.57 bits per heavy atom. The number of thioether (sulfide) groups is 1. The fraction of sp³-hybridized carbons (Fsp3) is 0.182. The molecule has 1 atom stereocenters. The van der Waals surface area contributed by atoms with Gasteiger partial charge in [-0.05, 0) is 36.4 Å². The van der Waals surface area contributed by atoms with E-state index in [9.17, 15) is 9.59 Å². The van der Waals surface area contributed by atoms with Gasteiger partial charge < -0.3 is 10.1 Å². The molecule has 1 heterocycles. The first-order chi connectivity index (χ1) is 13.6. The maximum atomic E-state index is 12.2. The summed E-state index contributed by atoms with van der Waals surface area (Å²) in [6.07, 6.45) is 4.12. The molecule has 5 nitrogen and oxygen atoms in total. The number of carbonyl (C=O) groups is 2. The summed E-state index contributed by atoms with van der Waals surface area (Å²) in [5.41, 5.74) is 1.60. The third-order valence-corrected chi connectivity index (χ3v) is 4.90. The highest BCUT2D eigenvalue weighted by Crippen LogP contribution is 2.38. The van der Waals surface area contributed by atoms with Crippen LogP contribution in [-0.2, 0) is 4.79 Å². The molecule has 0 aliphatic carbocycles. The second kappa shape index (κ2) is 9.39. The Balaban J connectivity index is 1.55. The minimum Gasteiger partial charge on any atom is -0.490 e. The van der Waals surface area contributed by atoms with E-state index in [4.69, 9.17) is 4.74 Å². The molecule has 0 bridgehead atoms. The van der Waals surface area contributed by atoms with Gasteiger partial charge in [0, 0.05) is 12.6 Å². The van der Waals surface area contributed by atoms with Crippen LogP contribution in [0.4, 0.5) is 10.5 Å². The van der Waals surface area contributed by atoms with Crippen molar-refractivity contribution in [3.63, 3.8) is 0 Å². The number of imide groups is 1. The zero-order valence-corrected chi connectivity index (χ0v) is 16.4. The van der Waals surface area contributed by atoms with Gasteiger partial charge in [0.15, 0.2) is 0 Å². The van der Waals surface area contributed by atoms with E-state index < -0.39 is 5.91 Å². The molecule has 1 saturated heterocycles. The normalized spacial score (nSPS) is 15.5. The Bertz CT molecular complexity index is 896. The van der Waals surface area contributed by atoms with E-state index in [2.05, 4.69) is 24.0 Å². The second-order valence-corrected chi connectivity index (χ2v) is 7.38. The van der Waals surface area contributed by atoms with Crippen LogP contribution in [0.2, 0.25) is 0 Å². The Morgan fingerprint density at radius 2 is 1.86 bits per heavy atom. The van der Waals surface area contributed by atoms with E-state index >= 15 is 0 Å². The van der Waals surface area contributed by atoms with Gasteiger partial charge >= 0.3 is 0 Å². The summed E-state index contributed by atoms with van der Waals surface area (Å²) in [4.78, 5) is 25.7. The number of hydrogen-bond acceptors (Lipinski definition) is 5. The van der Waals surface area contributed by atoms with Gasteiger partial charge in [-0.15, -0.1) is 0 Å². The molecule has 144 valence electrons. The molecule has 0 aromatic heterocycles. The number of ether oxygens (including phenoxy) is 1. The fourth-order valence-electron chi connectivity index (χ4n) is 2.68. The summed E-state index contributed by atoms with van der Waals surface area (Å²) in [6, 6.07) is 17.2. The van der Waals surface area contributed by atoms with E-state index in [1.54, 1.807) is 18.2 Å². The molecule has 28 heavy (non-hydrogen) atoms. The molecule has 6 heteroatoms. The summed E-state index contributed by atoms with van der Waals surface area (Å²) in [7, 11) is 0. The van der Waals surface area contributed by atoms with Crippen LogP contribution in [-0.4, -0.2) is 30.3 Å². The van der Waals surface area contributed by atoms with Crippen LogP contribution in [0.25, 0.3) is 6.08 Å². The first-order valence-electron chi connectivity index (χ1n) is 8.98. The highest BCUT2D eigenvalue weighted by atomic mass is 32.2. The van der Waals surface area contributed by atoms with E-state index in [1.165, 1.54) is 0 Å². The van der Waals surface area contributed by atoms with Crippen molar-refractivity contribution in [1.82, 2.24) is 5.32 Å². The monoisotopic (exact) mass is 394 g/mol. The quantitative estimate of drug-likeness (QED) is 0.670. The van der Waals surface area contributed by atoms with Gasteiger partial charge in [0.25, 0.3) is 11.1 Å². The van der Waals surface area contributed by atoms with Crippen LogP contribution in [0.5, 0.6) is 5.75 Å². The highest BCUT2D eigenvalue weighted by molar-refractivity contribution is 8.18. The Morgan fingerprint density at radius 1 is 1.14 bits per heavy atom. The van der Waals surface area contributed by atoms with Crippen LogP contribution < -0.4 is 15.0 Å². The van der Waals surface area contributed by atoms with Crippen LogP contribution >= 0.6 is 11.8 Å². The minimum atomic E-state index is -0.400. The Kier molecular flexibility index (Phi) is 6.68. The standard InChI is InChI=1S/C22H22N2O3S/c1-16(23-14-8-11-18-9-4-3-5-10-18)15-27-20-13-7-6-12-19(20)24-21(25)17(2)28-22(24)26/h3-13,16,23H,2,14-15H2,1H3. The van der Waals surface area contributed by atoms with Gasteiger partial charge in [0.2, 0.25) is 0 Å². The minimum absolute atomic E-state index is 0.0859. The first-order valence-corrected chi connectivity index (χ1v) is 9.80. The number of rotatable bonds is 8. The largest absolute Gasteiger partial charge is 0.490 e. The average Bonchev–Trinajstić information content (AvgIpc) is 2.96. The smallest absolute Gasteiger partial charge is 0.298 e. The van der Waals surface area contributed by atoms with Gasteiger partial charge in [-0.3, -0.25) is 9.59 Å². The number of nitrogens with one attached hydrogen (secondary N) is 1. The van der Waals surface area contributed by atoms with Crippen molar-refractivity contribution in [1.29, 1.82) is 0 Å². The van der Waals surface area contributed by atoms with Gasteiger partial charge in [0.1, 0.15) is 12.4 Å². The van der Waals surface area contributed by atoms with Crippen molar-refractivity contribution in [2.24, 2.45) is 0 Å². The van der Waals surface area contributed by atoms with E-state index in [-0.39, 0.29) is 16.2 Å². The number of hydrogen-bond donors (Lipinski definition) is 1. The highest BCUT2D eigenvalue weighted by Gasteiger charge is 2.36. The number of carbonyl (C=O) groups excluding carboxylic acids is 2. The average molecular weight is 394 g/mol. The lowest BCUT2D eigenvalue weighted by atomic mass is 10.2. The molecule has 0 spiro atoms. The third kappa shape index (κ3) is 4.91. The molecule has 0 saturated carbocycles. The summed E-state index contributed by atoms with van der Waals surface area (Å²) in [5.74, 6) is 0.0938. The van der Waals surface area contributed by atoms with Crippen LogP contribution in [0.15, 0.2) is 72.2 Å². The molecule has 2 amide bonds. The maximum absolute atomic E-state index is 12.2. The van der Waals surface area contributed by atoms with Crippen molar-refractivity contribution >= 4 is 34.7 Å². The zero-order valence-electron chi connectivity index (χ0n) is 15.6. The number of nitrogens with zero attached hydrogens (tertiary/aromatic N) is 1. The lowest BCUT2D eigenvalue weighted by Crippen LogP contribution is -2.32. The van der Waals surface area contributed by atoms with E-state index in [1.807, 2.05) is 43.3 Å². The first kappa shape index (κ1) is 19.9. The molecule has 0 radical (unpaired) electrons. The molecule has 1 aliphatic heterocycles. The molecule has 1 N–H and O–H groups in total. The summed E-state index contributed by atoms with van der Waals surface area (Å²) in [6.45, 7) is 6.75. The molecule has 3 rings (SSSR count). The predicted octanol–water partition coefficient (Wildman–Crippen LogP) is 4.47. The number of para-hydroxylation sites is 2. The zero-order chi connectivity index (χ0) is 19.9. The van der Waals surface area contributed by atoms with Crippen molar-refractivity contribution in [2.45, 2.75) is 13.0 Å². The molecular formula is C22H22N2O3S. The predicted molar refractivity (Wildman–Crippen MR) is 114 cm³/mol. The van der Waals surface area contributed by atoms with Crippen LogP contribution in [0, 0.1) is 0 Å². The molecular weight excluding hydrogens is 372 g/mol. The lowest BCUT2D eigenvalue weighted by Gasteiger charge is -2.19. The van der Waals surface area contributed by atoms with Gasteiger partial charge in [0.05, 0.1) is 10.6 Å². The van der Waals surface area contributed by atoms with Crippen molar-refractivity contribution in [3.8, 4) is 5.75 Å².